The summed E-state index contributed by atoms with van der Waals surface area (Å²) in [6.07, 6.45) is 3.97. The lowest BCUT2D eigenvalue weighted by atomic mass is 10.2. The Kier molecular flexibility index (Phi) is 7.23. The van der Waals surface area contributed by atoms with E-state index in [1.165, 1.54) is 5.19 Å². The van der Waals surface area contributed by atoms with Gasteiger partial charge in [0.05, 0.1) is 0 Å². The topological polar surface area (TPSA) is 12.5 Å². The Morgan fingerprint density at radius 2 is 1.17 bits per heavy atom. The average Bonchev–Trinajstić information content (AvgIpc) is 2.76. The highest BCUT2D eigenvalue weighted by molar-refractivity contribution is 6.87. The summed E-state index contributed by atoms with van der Waals surface area (Å²) >= 11 is 0. The van der Waals surface area contributed by atoms with Gasteiger partial charge in [-0.3, -0.25) is 0 Å². The van der Waals surface area contributed by atoms with Crippen molar-refractivity contribution in [3.63, 3.8) is 0 Å². The molecular formula is C26H29NOSi. The maximum Gasteiger partial charge on any atom is 0.231 e. The van der Waals surface area contributed by atoms with Crippen LogP contribution in [0.5, 0.6) is 0 Å². The van der Waals surface area contributed by atoms with Gasteiger partial charge in [0.2, 0.25) is 8.32 Å². The Morgan fingerprint density at radius 3 is 1.59 bits per heavy atom. The van der Waals surface area contributed by atoms with Crippen molar-refractivity contribution in [2.24, 2.45) is 0 Å². The molecule has 0 unspecified atom stereocenters. The van der Waals surface area contributed by atoms with Crippen LogP contribution in [0, 0.1) is 0 Å². The van der Waals surface area contributed by atoms with Crippen molar-refractivity contribution in [3.8, 4) is 0 Å². The summed E-state index contributed by atoms with van der Waals surface area (Å²) < 4.78 is 6.35. The maximum atomic E-state index is 6.35. The summed E-state index contributed by atoms with van der Waals surface area (Å²) in [5.74, 6) is 0. The zero-order valence-corrected chi connectivity index (χ0v) is 18.1. The lowest BCUT2D eigenvalue weighted by Crippen LogP contribution is -2.50. The number of para-hydroxylation sites is 2. The first-order valence-corrected chi connectivity index (χ1v) is 12.4. The quantitative estimate of drug-likeness (QED) is 0.277. The largest absolute Gasteiger partial charge is 0.412 e. The summed E-state index contributed by atoms with van der Waals surface area (Å²) in [5, 5.41) is 1.28. The first-order chi connectivity index (χ1) is 14.2. The zero-order valence-electron chi connectivity index (χ0n) is 17.1. The van der Waals surface area contributed by atoms with E-state index in [0.29, 0.717) is 6.61 Å². The molecule has 3 rings (SSSR count). The molecule has 0 radical (unpaired) electrons. The van der Waals surface area contributed by atoms with Crippen molar-refractivity contribution in [1.29, 1.82) is 0 Å². The minimum absolute atomic E-state index is 0.704. The van der Waals surface area contributed by atoms with Gasteiger partial charge in [-0.15, -0.1) is 13.2 Å². The summed E-state index contributed by atoms with van der Waals surface area (Å²) in [7, 11) is -2.14. The monoisotopic (exact) mass is 399 g/mol. The van der Waals surface area contributed by atoms with E-state index in [-0.39, 0.29) is 0 Å². The van der Waals surface area contributed by atoms with Crippen molar-refractivity contribution in [1.82, 2.24) is 0 Å². The molecule has 0 fully saturated rings. The Balaban J connectivity index is 2.03. The molecule has 0 bridgehead atoms. The van der Waals surface area contributed by atoms with E-state index in [1.807, 2.05) is 24.3 Å². The van der Waals surface area contributed by atoms with Crippen LogP contribution in [0.3, 0.4) is 0 Å². The van der Waals surface area contributed by atoms with Crippen LogP contribution in [0.25, 0.3) is 0 Å². The highest BCUT2D eigenvalue weighted by atomic mass is 28.4. The molecule has 0 spiro atoms. The van der Waals surface area contributed by atoms with Crippen LogP contribution in [-0.2, 0) is 4.43 Å². The first kappa shape index (κ1) is 20.8. The number of rotatable bonds is 10. The molecule has 2 nitrogen and oxygen atoms in total. The molecule has 0 atom stereocenters. The van der Waals surface area contributed by atoms with E-state index < -0.39 is 8.32 Å². The predicted octanol–water partition coefficient (Wildman–Crippen LogP) is 6.72. The van der Waals surface area contributed by atoms with Crippen LogP contribution in [0.4, 0.5) is 17.1 Å². The molecule has 3 aromatic rings. The standard InChI is InChI=1S/C26H29NOSi/c1-4-21-29(22-5-2,28-6-3)26-19-17-25(18-20-26)27(23-13-9-7-10-14-23)24-15-11-8-12-16-24/h4-5,7-20H,1-2,6,21-22H2,3H3. The van der Waals surface area contributed by atoms with E-state index in [2.05, 4.69) is 97.8 Å². The minimum Gasteiger partial charge on any atom is -0.412 e. The van der Waals surface area contributed by atoms with Crippen LogP contribution in [0.1, 0.15) is 6.92 Å². The van der Waals surface area contributed by atoms with Crippen molar-refractivity contribution in [2.45, 2.75) is 19.0 Å². The van der Waals surface area contributed by atoms with E-state index >= 15 is 0 Å². The normalized spacial score (nSPS) is 11.1. The Hall–Kier alpha value is -2.88. The molecule has 148 valence electrons. The van der Waals surface area contributed by atoms with Crippen LogP contribution < -0.4 is 10.1 Å². The van der Waals surface area contributed by atoms with Gasteiger partial charge in [0, 0.05) is 23.7 Å². The van der Waals surface area contributed by atoms with Gasteiger partial charge in [0.15, 0.2) is 0 Å². The van der Waals surface area contributed by atoms with Gasteiger partial charge in [-0.1, -0.05) is 60.7 Å². The molecule has 3 heteroatoms. The highest BCUT2D eigenvalue weighted by Gasteiger charge is 2.34. The smallest absolute Gasteiger partial charge is 0.231 e. The van der Waals surface area contributed by atoms with Gasteiger partial charge in [0.25, 0.3) is 0 Å². The van der Waals surface area contributed by atoms with Gasteiger partial charge in [-0.25, -0.2) is 0 Å². The Labute approximate surface area is 175 Å². The van der Waals surface area contributed by atoms with Crippen LogP contribution >= 0.6 is 0 Å². The predicted molar refractivity (Wildman–Crippen MR) is 128 cm³/mol. The van der Waals surface area contributed by atoms with Gasteiger partial charge >= 0.3 is 0 Å². The van der Waals surface area contributed by atoms with Gasteiger partial charge < -0.3 is 9.33 Å². The van der Waals surface area contributed by atoms with Crippen molar-refractivity contribution < 1.29 is 4.43 Å². The Morgan fingerprint density at radius 1 is 0.724 bits per heavy atom. The third-order valence-corrected chi connectivity index (χ3v) is 9.17. The van der Waals surface area contributed by atoms with Gasteiger partial charge in [-0.2, -0.15) is 0 Å². The van der Waals surface area contributed by atoms with Crippen molar-refractivity contribution in [2.75, 3.05) is 11.5 Å². The summed E-state index contributed by atoms with van der Waals surface area (Å²) in [4.78, 5) is 2.27. The molecule has 0 saturated heterocycles. The highest BCUT2D eigenvalue weighted by Crippen LogP contribution is 2.34. The molecule has 0 aliphatic heterocycles. The minimum atomic E-state index is -2.14. The molecule has 0 aliphatic carbocycles. The fraction of sp³-hybridized carbons (Fsp3) is 0.154. The van der Waals surface area contributed by atoms with E-state index in [1.54, 1.807) is 0 Å². The van der Waals surface area contributed by atoms with Crippen LogP contribution in [0.15, 0.2) is 110 Å². The van der Waals surface area contributed by atoms with Crippen LogP contribution in [0.2, 0.25) is 12.1 Å². The molecule has 0 aliphatic rings. The van der Waals surface area contributed by atoms with Crippen LogP contribution in [-0.4, -0.2) is 14.9 Å². The third-order valence-electron chi connectivity index (χ3n) is 5.05. The second-order valence-electron chi connectivity index (χ2n) is 6.97. The maximum absolute atomic E-state index is 6.35. The third kappa shape index (κ3) is 4.76. The fourth-order valence-corrected chi connectivity index (χ4v) is 7.08. The lowest BCUT2D eigenvalue weighted by Gasteiger charge is -2.31. The molecule has 0 aromatic heterocycles. The van der Waals surface area contributed by atoms with Crippen molar-refractivity contribution >= 4 is 30.6 Å². The first-order valence-electron chi connectivity index (χ1n) is 10.1. The summed E-state index contributed by atoms with van der Waals surface area (Å²) in [6.45, 7) is 10.7. The number of benzene rings is 3. The molecule has 0 heterocycles. The second-order valence-corrected chi connectivity index (χ2v) is 10.6. The number of hydrogen-bond donors (Lipinski definition) is 0. The molecule has 0 saturated carbocycles. The molecule has 0 amide bonds. The van der Waals surface area contributed by atoms with Crippen molar-refractivity contribution in [3.05, 3.63) is 110 Å². The second kappa shape index (κ2) is 10.1. The number of hydrogen-bond acceptors (Lipinski definition) is 2. The van der Waals surface area contributed by atoms with E-state index in [4.69, 9.17) is 4.43 Å². The summed E-state index contributed by atoms with van der Waals surface area (Å²) in [6, 6.07) is 31.5. The van der Waals surface area contributed by atoms with E-state index in [0.717, 1.165) is 29.2 Å². The fourth-order valence-electron chi connectivity index (χ4n) is 3.78. The Bertz CT molecular complexity index is 857. The molecule has 0 N–H and O–H groups in total. The van der Waals surface area contributed by atoms with Gasteiger partial charge in [-0.05, 0) is 60.6 Å². The van der Waals surface area contributed by atoms with Gasteiger partial charge in [0.1, 0.15) is 0 Å². The number of allylic oxidation sites excluding steroid dienone is 2. The molecular weight excluding hydrogens is 370 g/mol. The molecule has 29 heavy (non-hydrogen) atoms. The SMILES string of the molecule is C=CC[Si](CC=C)(OCC)c1ccc(N(c2ccccc2)c2ccccc2)cc1. The number of nitrogens with zero attached hydrogens (tertiary/aromatic N) is 1. The summed E-state index contributed by atoms with van der Waals surface area (Å²) in [5.41, 5.74) is 3.40. The lowest BCUT2D eigenvalue weighted by molar-refractivity contribution is 0.333. The average molecular weight is 400 g/mol. The molecule has 3 aromatic carbocycles. The number of anilines is 3. The van der Waals surface area contributed by atoms with E-state index in [9.17, 15) is 0 Å². The zero-order chi connectivity index (χ0) is 20.5.